The maximum absolute atomic E-state index is 13.2. The minimum absolute atomic E-state index is 0.0671. The molecule has 3 N–H and O–H groups in total. The van der Waals surface area contributed by atoms with Crippen LogP contribution < -0.4 is 5.32 Å². The van der Waals surface area contributed by atoms with Crippen LogP contribution in [0.1, 0.15) is 245 Å². The number of rotatable bonds is 45. The van der Waals surface area contributed by atoms with Gasteiger partial charge in [0.1, 0.15) is 6.10 Å². The Morgan fingerprint density at radius 2 is 0.883 bits per heavy atom. The van der Waals surface area contributed by atoms with E-state index in [-0.39, 0.29) is 24.9 Å². The van der Waals surface area contributed by atoms with Crippen LogP contribution in [-0.2, 0) is 14.3 Å². The highest BCUT2D eigenvalue weighted by molar-refractivity contribution is 5.77. The predicted octanol–water partition coefficient (Wildman–Crippen LogP) is 15.2. The molecule has 3 unspecified atom stereocenters. The lowest BCUT2D eigenvalue weighted by atomic mass is 10.0. The van der Waals surface area contributed by atoms with Crippen LogP contribution in [0.5, 0.6) is 0 Å². The van der Waals surface area contributed by atoms with Gasteiger partial charge in [0.25, 0.3) is 0 Å². The summed E-state index contributed by atoms with van der Waals surface area (Å²) in [7, 11) is 0. The number of aliphatic hydroxyl groups is 2. The molecule has 0 bridgehead atoms. The van der Waals surface area contributed by atoms with Crippen molar-refractivity contribution in [3.63, 3.8) is 0 Å². The number of unbranched alkanes of at least 4 members (excludes halogenated alkanes) is 27. The van der Waals surface area contributed by atoms with Gasteiger partial charge in [0.15, 0.2) is 0 Å². The zero-order valence-electron chi connectivity index (χ0n) is 39.6. The Labute approximate surface area is 371 Å². The van der Waals surface area contributed by atoms with E-state index >= 15 is 0 Å². The Morgan fingerprint density at radius 3 is 1.35 bits per heavy atom. The predicted molar refractivity (Wildman–Crippen MR) is 259 cm³/mol. The highest BCUT2D eigenvalue weighted by Crippen LogP contribution is 2.18. The average Bonchev–Trinajstić information content (AvgIpc) is 3.24. The van der Waals surface area contributed by atoms with Gasteiger partial charge >= 0.3 is 5.97 Å². The number of hydrogen-bond acceptors (Lipinski definition) is 5. The van der Waals surface area contributed by atoms with E-state index in [2.05, 4.69) is 62.5 Å². The number of aliphatic hydroxyl groups excluding tert-OH is 2. The zero-order valence-corrected chi connectivity index (χ0v) is 39.6. The van der Waals surface area contributed by atoms with E-state index in [0.717, 1.165) is 83.5 Å². The molecule has 0 aromatic rings. The van der Waals surface area contributed by atoms with Gasteiger partial charge in [0, 0.05) is 6.42 Å². The number of carbonyl (C=O) groups excluding carboxylic acids is 2. The number of ether oxygens (including phenoxy) is 1. The summed E-state index contributed by atoms with van der Waals surface area (Å²) in [4.78, 5) is 26.1. The van der Waals surface area contributed by atoms with Gasteiger partial charge in [-0.3, -0.25) is 9.59 Å². The lowest BCUT2D eigenvalue weighted by Gasteiger charge is -2.24. The molecular formula is C54H97NO5. The Balaban J connectivity index is 4.51. The Bertz CT molecular complexity index is 1080. The molecule has 3 atom stereocenters. The minimum Gasteiger partial charge on any atom is -0.462 e. The van der Waals surface area contributed by atoms with Crippen molar-refractivity contribution in [2.75, 3.05) is 6.61 Å². The number of nitrogens with one attached hydrogen (secondary N) is 1. The summed E-state index contributed by atoms with van der Waals surface area (Å²) >= 11 is 0. The van der Waals surface area contributed by atoms with Crippen molar-refractivity contribution in [3.05, 3.63) is 60.8 Å². The fraction of sp³-hybridized carbons (Fsp3) is 0.778. The van der Waals surface area contributed by atoms with Crippen molar-refractivity contribution < 1.29 is 24.5 Å². The first kappa shape index (κ1) is 57.6. The molecule has 0 fully saturated rings. The van der Waals surface area contributed by atoms with E-state index in [1.807, 2.05) is 24.3 Å². The second kappa shape index (κ2) is 47.6. The molecule has 0 heterocycles. The molecular weight excluding hydrogens is 743 g/mol. The molecule has 0 aliphatic heterocycles. The van der Waals surface area contributed by atoms with E-state index in [1.165, 1.54) is 116 Å². The van der Waals surface area contributed by atoms with E-state index in [1.54, 1.807) is 0 Å². The second-order valence-corrected chi connectivity index (χ2v) is 17.3. The van der Waals surface area contributed by atoms with Crippen LogP contribution in [0, 0.1) is 0 Å². The molecule has 1 amide bonds. The molecule has 0 aliphatic carbocycles. The Kier molecular flexibility index (Phi) is 45.7. The summed E-state index contributed by atoms with van der Waals surface area (Å²) < 4.78 is 5.91. The summed E-state index contributed by atoms with van der Waals surface area (Å²) in [5, 5.41) is 23.7. The maximum atomic E-state index is 13.2. The van der Waals surface area contributed by atoms with Crippen LogP contribution in [0.2, 0.25) is 0 Å². The third-order valence-electron chi connectivity index (χ3n) is 11.5. The van der Waals surface area contributed by atoms with E-state index in [4.69, 9.17) is 4.74 Å². The molecule has 348 valence electrons. The van der Waals surface area contributed by atoms with Gasteiger partial charge in [-0.25, -0.2) is 0 Å². The van der Waals surface area contributed by atoms with E-state index in [9.17, 15) is 19.8 Å². The van der Waals surface area contributed by atoms with Gasteiger partial charge in [-0.05, 0) is 44.9 Å². The molecule has 0 spiro atoms. The highest BCUT2D eigenvalue weighted by Gasteiger charge is 2.24. The molecule has 6 heteroatoms. The standard InChI is InChI=1S/C54H97NO5/c1-4-7-10-13-16-19-21-23-25-26-27-28-30-32-35-38-41-44-47-54(59)60-50(45-42-39-36-33-18-15-12-9-6-3)48-53(58)55-51(49-56)52(57)46-43-40-37-34-31-29-24-22-20-17-14-11-8-5-2/h10,13,16,19,21,23,25-28,50-52,56-57H,4-9,11-12,14-15,17-18,20,22,24,29-49H2,1-3H3,(H,55,58)/b13-10+,19-16+,23-21+,26-25+,28-27+. The quantitative estimate of drug-likeness (QED) is 0.0322. The fourth-order valence-corrected chi connectivity index (χ4v) is 7.58. The average molecular weight is 840 g/mol. The van der Waals surface area contributed by atoms with Crippen LogP contribution >= 0.6 is 0 Å². The van der Waals surface area contributed by atoms with Crippen molar-refractivity contribution in [3.8, 4) is 0 Å². The third kappa shape index (κ3) is 42.3. The summed E-state index contributed by atoms with van der Waals surface area (Å²) in [6.45, 7) is 6.38. The molecule has 60 heavy (non-hydrogen) atoms. The lowest BCUT2D eigenvalue weighted by molar-refractivity contribution is -0.151. The summed E-state index contributed by atoms with van der Waals surface area (Å²) in [5.74, 6) is -0.501. The van der Waals surface area contributed by atoms with Crippen LogP contribution in [0.3, 0.4) is 0 Å². The monoisotopic (exact) mass is 840 g/mol. The molecule has 0 radical (unpaired) electrons. The fourth-order valence-electron chi connectivity index (χ4n) is 7.58. The van der Waals surface area contributed by atoms with Crippen molar-refractivity contribution in [2.24, 2.45) is 0 Å². The number of allylic oxidation sites excluding steroid dienone is 10. The summed E-state index contributed by atoms with van der Waals surface area (Å²) in [6, 6.07) is -0.706. The van der Waals surface area contributed by atoms with Gasteiger partial charge in [-0.2, -0.15) is 0 Å². The first-order chi connectivity index (χ1) is 29.5. The first-order valence-electron chi connectivity index (χ1n) is 25.6. The molecule has 0 aliphatic rings. The van der Waals surface area contributed by atoms with Crippen molar-refractivity contribution in [1.29, 1.82) is 0 Å². The molecule has 0 saturated heterocycles. The van der Waals surface area contributed by atoms with E-state index in [0.29, 0.717) is 19.3 Å². The summed E-state index contributed by atoms with van der Waals surface area (Å²) in [6.07, 6.45) is 58.5. The number of carbonyl (C=O) groups is 2. The number of amides is 1. The molecule has 0 rings (SSSR count). The maximum Gasteiger partial charge on any atom is 0.306 e. The van der Waals surface area contributed by atoms with E-state index < -0.39 is 18.2 Å². The topological polar surface area (TPSA) is 95.9 Å². The smallest absolute Gasteiger partial charge is 0.306 e. The summed E-state index contributed by atoms with van der Waals surface area (Å²) in [5.41, 5.74) is 0. The first-order valence-corrected chi connectivity index (χ1v) is 25.6. The normalized spacial score (nSPS) is 13.8. The molecule has 0 aromatic carbocycles. The second-order valence-electron chi connectivity index (χ2n) is 17.3. The van der Waals surface area contributed by atoms with Crippen LogP contribution in [-0.4, -0.2) is 46.9 Å². The van der Waals surface area contributed by atoms with Gasteiger partial charge in [-0.1, -0.05) is 248 Å². The Hall–Kier alpha value is -2.44. The van der Waals surface area contributed by atoms with Gasteiger partial charge in [-0.15, -0.1) is 0 Å². The Morgan fingerprint density at radius 1 is 0.483 bits per heavy atom. The molecule has 6 nitrogen and oxygen atoms in total. The molecule has 0 aromatic heterocycles. The number of hydrogen-bond donors (Lipinski definition) is 3. The SMILES string of the molecule is CCC/C=C/C=C/C=C/C=C/C=C/CCCCCCCC(=O)OC(CCCCCCCCCCC)CC(=O)NC(CO)C(O)CCCCCCCCCCCCCCCC. The lowest BCUT2D eigenvalue weighted by Crippen LogP contribution is -2.46. The highest BCUT2D eigenvalue weighted by atomic mass is 16.5. The third-order valence-corrected chi connectivity index (χ3v) is 11.5. The van der Waals surface area contributed by atoms with Gasteiger partial charge < -0.3 is 20.3 Å². The van der Waals surface area contributed by atoms with Gasteiger partial charge in [0.2, 0.25) is 5.91 Å². The van der Waals surface area contributed by atoms with Crippen molar-refractivity contribution in [1.82, 2.24) is 5.32 Å². The van der Waals surface area contributed by atoms with Crippen LogP contribution in [0.15, 0.2) is 60.8 Å². The van der Waals surface area contributed by atoms with Gasteiger partial charge in [0.05, 0.1) is 25.2 Å². The van der Waals surface area contributed by atoms with Crippen molar-refractivity contribution >= 4 is 11.9 Å². The van der Waals surface area contributed by atoms with Crippen LogP contribution in [0.25, 0.3) is 0 Å². The minimum atomic E-state index is -0.791. The zero-order chi connectivity index (χ0) is 43.8. The number of esters is 1. The molecule has 0 saturated carbocycles. The largest absolute Gasteiger partial charge is 0.462 e. The van der Waals surface area contributed by atoms with Crippen LogP contribution in [0.4, 0.5) is 0 Å². The van der Waals surface area contributed by atoms with Crippen molar-refractivity contribution in [2.45, 2.75) is 264 Å².